The lowest BCUT2D eigenvalue weighted by Gasteiger charge is -2.67. The first-order valence-corrected chi connectivity index (χ1v) is 23.1. The Kier molecular flexibility index (Phi) is 16.1. The Morgan fingerprint density at radius 2 is 1.55 bits per heavy atom. The number of ether oxygens (including phenoxy) is 6. The standard InChI is InChI=1S/C44H53Cl6NO14/c1-23-27(33(65-58)34(63-22-59-20-43(45,46)47)31(26-14-10-7-11-15-26)51-37(54)60-18-25-12-8-6-9-13-25)17-42(57)24(2)35-40(5,36(53)32(52)30(23)39(42,3)4)28(16-29-41(35,56)19-61-29)64-38(55)62-21-44(48,49)50/h6-15,24,27-29,31-35,52,56-58H,16-22H2,1-5H3,(H,51,54)/t24?,27?,28?,29?,31?,32?,33-,34?,35?,40+,41-,42?/m0/s1. The van der Waals surface area contributed by atoms with Crippen molar-refractivity contribution in [2.45, 2.75) is 109 Å². The number of ketones is 1. The normalized spacial score (nSPS) is 32.3. The van der Waals surface area contributed by atoms with E-state index < -0.39 is 122 Å². The number of rotatable bonds is 14. The van der Waals surface area contributed by atoms with Gasteiger partial charge < -0.3 is 49.1 Å². The third-order valence-electron chi connectivity index (χ3n) is 13.9. The smallest absolute Gasteiger partial charge is 0.445 e. The average Bonchev–Trinajstić information content (AvgIpc) is 3.24. The molecule has 1 heterocycles. The molecule has 15 nitrogen and oxygen atoms in total. The first-order valence-electron chi connectivity index (χ1n) is 20.8. The van der Waals surface area contributed by atoms with Crippen LogP contribution in [0.3, 0.4) is 0 Å². The highest BCUT2D eigenvalue weighted by molar-refractivity contribution is 6.68. The summed E-state index contributed by atoms with van der Waals surface area (Å²) in [6.07, 6.45) is -9.86. The molecule has 12 atom stereocenters. The van der Waals surface area contributed by atoms with Gasteiger partial charge in [0, 0.05) is 23.7 Å². The number of benzene rings is 2. The summed E-state index contributed by atoms with van der Waals surface area (Å²) in [6.45, 7) is 6.08. The molecule has 1 saturated heterocycles. The molecule has 0 spiro atoms. The van der Waals surface area contributed by atoms with Crippen LogP contribution in [0.25, 0.3) is 0 Å². The van der Waals surface area contributed by atoms with Gasteiger partial charge in [-0.15, -0.1) is 0 Å². The minimum absolute atomic E-state index is 0.0732. The molecule has 3 aliphatic carbocycles. The molecule has 2 saturated carbocycles. The number of Topliss-reactive ketones (excluding diaryl/α,β-unsaturated/α-hetero) is 1. The lowest BCUT2D eigenvalue weighted by Crippen LogP contribution is -2.79. The van der Waals surface area contributed by atoms with Crippen LogP contribution in [0.5, 0.6) is 0 Å². The largest absolute Gasteiger partial charge is 0.508 e. The summed E-state index contributed by atoms with van der Waals surface area (Å²) in [4.78, 5) is 47.4. The van der Waals surface area contributed by atoms with Gasteiger partial charge in [0.15, 0.2) is 5.78 Å². The van der Waals surface area contributed by atoms with Crippen LogP contribution in [0.2, 0.25) is 0 Å². The number of alkyl halides is 6. The summed E-state index contributed by atoms with van der Waals surface area (Å²) in [7, 11) is 0. The van der Waals surface area contributed by atoms with E-state index in [1.54, 1.807) is 82.3 Å². The number of carbonyl (C=O) groups excluding carboxylic acids is 3. The minimum atomic E-state index is -1.99. The van der Waals surface area contributed by atoms with E-state index in [2.05, 4.69) is 5.32 Å². The average molecular weight is 1030 g/mol. The molecule has 0 radical (unpaired) electrons. The predicted molar refractivity (Wildman–Crippen MR) is 240 cm³/mol. The molecular formula is C44H53Cl6NO14. The molecule has 9 unspecified atom stereocenters. The van der Waals surface area contributed by atoms with E-state index in [4.69, 9.17) is 103 Å². The van der Waals surface area contributed by atoms with Crippen molar-refractivity contribution in [1.29, 1.82) is 0 Å². The number of aliphatic hydroxyl groups is 3. The van der Waals surface area contributed by atoms with Crippen molar-refractivity contribution in [1.82, 2.24) is 5.32 Å². The number of carbonyl (C=O) groups is 3. The molecule has 2 aromatic rings. The predicted octanol–water partition coefficient (Wildman–Crippen LogP) is 7.96. The molecule has 0 aromatic heterocycles. The van der Waals surface area contributed by atoms with Gasteiger partial charge in [-0.25, -0.2) is 14.5 Å². The van der Waals surface area contributed by atoms with E-state index in [1.165, 1.54) is 6.92 Å². The Morgan fingerprint density at radius 3 is 2.12 bits per heavy atom. The van der Waals surface area contributed by atoms with Crippen molar-refractivity contribution in [3.05, 3.63) is 82.9 Å². The Balaban J connectivity index is 1.45. The van der Waals surface area contributed by atoms with Gasteiger partial charge in [0.2, 0.25) is 7.59 Å². The number of hydrogen-bond acceptors (Lipinski definition) is 14. The topological polar surface area (TPSA) is 209 Å². The van der Waals surface area contributed by atoms with Crippen LogP contribution in [-0.2, 0) is 44.7 Å². The van der Waals surface area contributed by atoms with Gasteiger partial charge in [-0.1, -0.05) is 157 Å². The van der Waals surface area contributed by atoms with Gasteiger partial charge in [-0.05, 0) is 42.9 Å². The summed E-state index contributed by atoms with van der Waals surface area (Å²) in [5, 5.41) is 52.4. The lowest BCUT2D eigenvalue weighted by atomic mass is 9.42. The van der Waals surface area contributed by atoms with Gasteiger partial charge >= 0.3 is 12.2 Å². The second-order valence-corrected chi connectivity index (χ2v) is 23.0. The number of amides is 1. The van der Waals surface area contributed by atoms with Crippen molar-refractivity contribution in [3.8, 4) is 0 Å². The maximum Gasteiger partial charge on any atom is 0.508 e. The first kappa shape index (κ1) is 52.2. The molecule has 2 aromatic carbocycles. The highest BCUT2D eigenvalue weighted by Crippen LogP contribution is 2.65. The number of fused-ring (bicyclic) bond motifs is 5. The summed E-state index contributed by atoms with van der Waals surface area (Å²) in [6, 6.07) is 16.4. The van der Waals surface area contributed by atoms with Crippen molar-refractivity contribution in [2.24, 2.45) is 28.6 Å². The maximum absolute atomic E-state index is 15.3. The van der Waals surface area contributed by atoms with Crippen LogP contribution in [0.15, 0.2) is 71.8 Å². The monoisotopic (exact) mass is 1030 g/mol. The van der Waals surface area contributed by atoms with Gasteiger partial charge in [0.1, 0.15) is 50.0 Å². The molecular weight excluding hydrogens is 979 g/mol. The van der Waals surface area contributed by atoms with E-state index in [0.29, 0.717) is 16.7 Å². The van der Waals surface area contributed by atoms with Crippen molar-refractivity contribution in [2.75, 3.05) is 26.6 Å². The zero-order valence-electron chi connectivity index (χ0n) is 36.1. The quantitative estimate of drug-likeness (QED) is 0.0231. The highest BCUT2D eigenvalue weighted by Gasteiger charge is 2.75. The van der Waals surface area contributed by atoms with Crippen LogP contribution in [0.1, 0.15) is 64.6 Å². The first-order chi connectivity index (χ1) is 30.3. The summed E-state index contributed by atoms with van der Waals surface area (Å²) in [5.41, 5.74) is -5.46. The molecule has 4 aliphatic rings. The molecule has 360 valence electrons. The summed E-state index contributed by atoms with van der Waals surface area (Å²) < 4.78 is 30.3. The fraction of sp³-hybridized carbons (Fsp3) is 0.614. The Hall–Kier alpha value is -2.19. The fourth-order valence-electron chi connectivity index (χ4n) is 10.8. The van der Waals surface area contributed by atoms with Gasteiger partial charge in [-0.3, -0.25) is 10.1 Å². The van der Waals surface area contributed by atoms with E-state index in [1.807, 2.05) is 6.07 Å². The Bertz CT molecular complexity index is 2060. The van der Waals surface area contributed by atoms with Crippen molar-refractivity contribution < 1.29 is 68.3 Å². The van der Waals surface area contributed by atoms with Crippen LogP contribution >= 0.6 is 69.6 Å². The number of hydrogen-bond donors (Lipinski definition) is 5. The van der Waals surface area contributed by atoms with E-state index in [0.717, 1.165) is 0 Å². The van der Waals surface area contributed by atoms with E-state index in [9.17, 15) is 30.2 Å². The van der Waals surface area contributed by atoms with Crippen LogP contribution < -0.4 is 5.32 Å². The number of nitrogens with one attached hydrogen (secondary N) is 1. The van der Waals surface area contributed by atoms with Crippen molar-refractivity contribution in [3.63, 3.8) is 0 Å². The number of halogens is 6. The molecule has 6 rings (SSSR count). The zero-order chi connectivity index (χ0) is 47.9. The Morgan fingerprint density at radius 1 is 0.938 bits per heavy atom. The third kappa shape index (κ3) is 10.5. The SMILES string of the molecule is CC1=C2C(O)C(=O)[C@]3(C)C(OC(=O)OCC(Cl)(Cl)Cl)CC4OC[C@@]4(O)C3C(C)C(O)(CC1[C@H](OO)C(OCOCC(Cl)(Cl)Cl)C(NC(=O)OCc1ccccc1)c1ccccc1)C2(C)C. The summed E-state index contributed by atoms with van der Waals surface area (Å²) in [5.74, 6) is -4.25. The zero-order valence-corrected chi connectivity index (χ0v) is 40.6. The van der Waals surface area contributed by atoms with Gasteiger partial charge in [0.05, 0.1) is 36.4 Å². The molecule has 21 heteroatoms. The second-order valence-electron chi connectivity index (χ2n) is 17.9. The van der Waals surface area contributed by atoms with Crippen LogP contribution in [-0.4, -0.2) is 115 Å². The number of aliphatic hydroxyl groups excluding tert-OH is 1. The molecule has 3 fully saturated rings. The molecule has 2 bridgehead atoms. The summed E-state index contributed by atoms with van der Waals surface area (Å²) >= 11 is 35.3. The molecule has 65 heavy (non-hydrogen) atoms. The van der Waals surface area contributed by atoms with Gasteiger partial charge in [0.25, 0.3) is 0 Å². The van der Waals surface area contributed by atoms with Crippen LogP contribution in [0, 0.1) is 28.6 Å². The maximum atomic E-state index is 15.3. The Labute approximate surface area is 406 Å². The lowest BCUT2D eigenvalue weighted by molar-refractivity contribution is -0.340. The molecule has 1 aliphatic heterocycles. The van der Waals surface area contributed by atoms with Crippen molar-refractivity contribution >= 4 is 87.6 Å². The van der Waals surface area contributed by atoms with E-state index >= 15 is 4.79 Å². The number of alkyl carbamates (subject to hydrolysis) is 1. The molecule has 1 amide bonds. The molecule has 5 N–H and O–H groups in total. The van der Waals surface area contributed by atoms with E-state index in [-0.39, 0.29) is 31.6 Å². The highest BCUT2D eigenvalue weighted by atomic mass is 35.6. The third-order valence-corrected chi connectivity index (χ3v) is 14.6. The minimum Gasteiger partial charge on any atom is -0.445 e. The van der Waals surface area contributed by atoms with Crippen LogP contribution in [0.4, 0.5) is 9.59 Å². The van der Waals surface area contributed by atoms with Gasteiger partial charge in [-0.2, -0.15) is 0 Å². The fourth-order valence-corrected chi connectivity index (χ4v) is 11.2. The second kappa shape index (κ2) is 20.0.